The van der Waals surface area contributed by atoms with Crippen molar-refractivity contribution in [1.82, 2.24) is 9.78 Å². The van der Waals surface area contributed by atoms with Gasteiger partial charge in [0.25, 0.3) is 5.91 Å². The lowest BCUT2D eigenvalue weighted by Crippen LogP contribution is -2.23. The Kier molecular flexibility index (Phi) is 4.94. The second-order valence-electron chi connectivity index (χ2n) is 7.82. The summed E-state index contributed by atoms with van der Waals surface area (Å²) >= 11 is 0. The smallest absolute Gasteiger partial charge is 0.263 e. The van der Waals surface area contributed by atoms with Crippen LogP contribution in [0.15, 0.2) is 66.7 Å². The van der Waals surface area contributed by atoms with Gasteiger partial charge < -0.3 is 10.1 Å². The molecule has 162 valence electrons. The van der Waals surface area contributed by atoms with Gasteiger partial charge in [0.2, 0.25) is 0 Å². The van der Waals surface area contributed by atoms with Gasteiger partial charge in [-0.15, -0.1) is 0 Å². The van der Waals surface area contributed by atoms with Crippen molar-refractivity contribution in [3.63, 3.8) is 0 Å². The lowest BCUT2D eigenvalue weighted by molar-refractivity contribution is -0.118. The molecule has 0 saturated heterocycles. The molecular formula is C24H21N3O4S. The van der Waals surface area contributed by atoms with Crippen LogP contribution in [0, 0.1) is 6.92 Å². The van der Waals surface area contributed by atoms with E-state index in [0.717, 1.165) is 22.0 Å². The summed E-state index contributed by atoms with van der Waals surface area (Å²) in [6, 6.07) is 21.1. The van der Waals surface area contributed by atoms with Crippen LogP contribution in [0.3, 0.4) is 0 Å². The van der Waals surface area contributed by atoms with Gasteiger partial charge in [-0.3, -0.25) is 4.79 Å². The Morgan fingerprint density at radius 1 is 1.03 bits per heavy atom. The summed E-state index contributed by atoms with van der Waals surface area (Å²) in [7, 11) is -3.27. The van der Waals surface area contributed by atoms with E-state index in [1.54, 1.807) is 4.68 Å². The average molecular weight is 448 g/mol. The molecule has 1 N–H and O–H groups in total. The lowest BCUT2D eigenvalue weighted by atomic mass is 10.1. The number of aryl methyl sites for hydroxylation is 1. The minimum absolute atomic E-state index is 0.128. The number of amides is 1. The van der Waals surface area contributed by atoms with Crippen LogP contribution in [-0.2, 0) is 26.1 Å². The van der Waals surface area contributed by atoms with Gasteiger partial charge >= 0.3 is 0 Å². The van der Waals surface area contributed by atoms with Crippen LogP contribution in [0.1, 0.15) is 16.8 Å². The van der Waals surface area contributed by atoms with Crippen molar-refractivity contribution in [3.05, 3.63) is 83.6 Å². The third-order valence-electron chi connectivity index (χ3n) is 5.50. The largest absolute Gasteiger partial charge is 0.483 e. The Balaban J connectivity index is 1.43. The highest BCUT2D eigenvalue weighted by molar-refractivity contribution is 7.90. The third kappa shape index (κ3) is 3.73. The first-order valence-corrected chi connectivity index (χ1v) is 12.0. The van der Waals surface area contributed by atoms with E-state index in [4.69, 9.17) is 4.74 Å². The number of nitrogens with one attached hydrogen (secondary N) is 1. The first-order valence-electron chi connectivity index (χ1n) is 10.2. The summed E-state index contributed by atoms with van der Waals surface area (Å²) in [5.41, 5.74) is 2.74. The van der Waals surface area contributed by atoms with E-state index in [1.807, 2.05) is 73.7 Å². The van der Waals surface area contributed by atoms with Crippen molar-refractivity contribution in [2.45, 2.75) is 18.4 Å². The number of carbonyl (C=O) groups excluding carboxylic acids is 1. The van der Waals surface area contributed by atoms with Gasteiger partial charge in [-0.25, -0.2) is 13.1 Å². The molecule has 0 fully saturated rings. The monoisotopic (exact) mass is 447 g/mol. The minimum Gasteiger partial charge on any atom is -0.483 e. The van der Waals surface area contributed by atoms with E-state index in [-0.39, 0.29) is 24.0 Å². The number of fused-ring (bicyclic) bond motifs is 2. The van der Waals surface area contributed by atoms with E-state index in [2.05, 4.69) is 10.4 Å². The van der Waals surface area contributed by atoms with Crippen molar-refractivity contribution in [2.24, 2.45) is 0 Å². The molecule has 1 aliphatic heterocycles. The molecule has 0 spiro atoms. The number of rotatable bonds is 5. The second-order valence-corrected chi connectivity index (χ2v) is 9.88. The molecule has 5 rings (SSSR count). The summed E-state index contributed by atoms with van der Waals surface area (Å²) in [6.07, 6.45) is 0. The third-order valence-corrected chi connectivity index (χ3v) is 6.94. The Bertz CT molecular complexity index is 1450. The maximum Gasteiger partial charge on any atom is 0.263 e. The Labute approximate surface area is 185 Å². The number of hydrogen-bond acceptors (Lipinski definition) is 5. The Hall–Kier alpha value is -3.65. The maximum absolute atomic E-state index is 12.8. The van der Waals surface area contributed by atoms with Crippen LogP contribution in [-0.4, -0.2) is 30.7 Å². The minimum atomic E-state index is -3.27. The lowest BCUT2D eigenvalue weighted by Gasteiger charge is -2.14. The number of anilines is 1. The average Bonchev–Trinajstić information content (AvgIpc) is 3.24. The molecule has 7 nitrogen and oxygen atoms in total. The van der Waals surface area contributed by atoms with E-state index in [0.29, 0.717) is 22.8 Å². The highest BCUT2D eigenvalue weighted by Gasteiger charge is 2.33. The zero-order valence-corrected chi connectivity index (χ0v) is 18.2. The van der Waals surface area contributed by atoms with Crippen molar-refractivity contribution in [1.29, 1.82) is 0 Å². The van der Waals surface area contributed by atoms with Crippen molar-refractivity contribution in [2.75, 3.05) is 11.9 Å². The zero-order valence-electron chi connectivity index (χ0n) is 17.4. The zero-order chi connectivity index (χ0) is 22.3. The number of aromatic nitrogens is 2. The van der Waals surface area contributed by atoms with Gasteiger partial charge in [-0.05, 0) is 30.0 Å². The molecule has 3 aromatic carbocycles. The van der Waals surface area contributed by atoms with E-state index in [1.165, 1.54) is 0 Å². The molecule has 0 saturated carbocycles. The van der Waals surface area contributed by atoms with Gasteiger partial charge in [0.1, 0.15) is 11.6 Å². The Morgan fingerprint density at radius 3 is 2.62 bits per heavy atom. The molecular weight excluding hydrogens is 426 g/mol. The van der Waals surface area contributed by atoms with E-state index in [9.17, 15) is 13.2 Å². The summed E-state index contributed by atoms with van der Waals surface area (Å²) in [6.45, 7) is 1.72. The highest BCUT2D eigenvalue weighted by atomic mass is 32.2. The molecule has 32 heavy (non-hydrogen) atoms. The fraction of sp³-hybridized carbons (Fsp3) is 0.167. The Morgan fingerprint density at radius 2 is 1.78 bits per heavy atom. The van der Waals surface area contributed by atoms with Crippen molar-refractivity contribution < 1.29 is 17.9 Å². The standard InChI is InChI=1S/C24H21N3O4S/c1-16-7-2-5-11-21(16)27-24(19-14-32(29,30)15-20(19)26-27)25-23(28)13-31-22-12-6-9-17-8-3-4-10-18(17)22/h2-12H,13-15H2,1H3,(H,25,28). The van der Waals surface area contributed by atoms with Crippen LogP contribution in [0.5, 0.6) is 5.75 Å². The number of para-hydroxylation sites is 1. The predicted molar refractivity (Wildman–Crippen MR) is 123 cm³/mol. The predicted octanol–water partition coefficient (Wildman–Crippen LogP) is 3.78. The van der Waals surface area contributed by atoms with Crippen LogP contribution in [0.2, 0.25) is 0 Å². The van der Waals surface area contributed by atoms with Gasteiger partial charge in [0, 0.05) is 10.9 Å². The first kappa shape index (κ1) is 20.3. The van der Waals surface area contributed by atoms with Gasteiger partial charge in [-0.2, -0.15) is 5.10 Å². The fourth-order valence-electron chi connectivity index (χ4n) is 3.98. The summed E-state index contributed by atoms with van der Waals surface area (Å²) < 4.78 is 31.7. The second kappa shape index (κ2) is 7.80. The normalized spacial score (nSPS) is 14.3. The molecule has 0 atom stereocenters. The molecule has 2 heterocycles. The summed E-state index contributed by atoms with van der Waals surface area (Å²) in [4.78, 5) is 12.8. The van der Waals surface area contributed by atoms with Crippen LogP contribution in [0.4, 0.5) is 5.82 Å². The topological polar surface area (TPSA) is 90.3 Å². The van der Waals surface area contributed by atoms with Crippen molar-refractivity contribution >= 4 is 32.3 Å². The van der Waals surface area contributed by atoms with Gasteiger partial charge in [0.15, 0.2) is 16.4 Å². The molecule has 1 aromatic heterocycles. The number of benzene rings is 3. The van der Waals surface area contributed by atoms with E-state index < -0.39 is 9.84 Å². The first-order chi connectivity index (χ1) is 15.4. The molecule has 1 amide bonds. The number of sulfone groups is 1. The van der Waals surface area contributed by atoms with Gasteiger partial charge in [0.05, 0.1) is 22.9 Å². The van der Waals surface area contributed by atoms with Crippen LogP contribution in [0.25, 0.3) is 16.5 Å². The van der Waals surface area contributed by atoms with Crippen LogP contribution >= 0.6 is 0 Å². The fourth-order valence-corrected chi connectivity index (χ4v) is 5.47. The molecule has 0 radical (unpaired) electrons. The molecule has 0 aliphatic carbocycles. The van der Waals surface area contributed by atoms with E-state index >= 15 is 0 Å². The summed E-state index contributed by atoms with van der Waals surface area (Å²) in [5.74, 6) is 0.324. The molecule has 4 aromatic rings. The van der Waals surface area contributed by atoms with Crippen molar-refractivity contribution in [3.8, 4) is 11.4 Å². The molecule has 0 bridgehead atoms. The number of carbonyl (C=O) groups is 1. The molecule has 0 unspecified atom stereocenters. The highest BCUT2D eigenvalue weighted by Crippen LogP contribution is 2.33. The number of ether oxygens (including phenoxy) is 1. The molecule has 8 heteroatoms. The number of nitrogens with zero attached hydrogens (tertiary/aromatic N) is 2. The number of hydrogen-bond donors (Lipinski definition) is 1. The molecule has 1 aliphatic rings. The summed E-state index contributed by atoms with van der Waals surface area (Å²) in [5, 5.41) is 9.29. The maximum atomic E-state index is 12.8. The SMILES string of the molecule is Cc1ccccc1-n1nc2c(c1NC(=O)COc1cccc3ccccc13)CS(=O)(=O)C2. The quantitative estimate of drug-likeness (QED) is 0.503. The van der Waals surface area contributed by atoms with Gasteiger partial charge in [-0.1, -0.05) is 54.6 Å². The van der Waals surface area contributed by atoms with Crippen LogP contribution < -0.4 is 10.1 Å².